The van der Waals surface area contributed by atoms with Crippen molar-refractivity contribution >= 4 is 0 Å². The molecule has 2 nitrogen and oxygen atoms in total. The van der Waals surface area contributed by atoms with Gasteiger partial charge in [0.05, 0.1) is 0 Å². The van der Waals surface area contributed by atoms with Gasteiger partial charge >= 0.3 is 0 Å². The lowest BCUT2D eigenvalue weighted by atomic mass is 10.1. The van der Waals surface area contributed by atoms with Gasteiger partial charge in [0, 0.05) is 12.1 Å². The molecule has 0 amide bonds. The molecule has 92 valence electrons. The van der Waals surface area contributed by atoms with Crippen molar-refractivity contribution in [1.82, 2.24) is 0 Å². The minimum absolute atomic E-state index is 0.784. The molecule has 0 aliphatic carbocycles. The van der Waals surface area contributed by atoms with Gasteiger partial charge in [-0.3, -0.25) is 0 Å². The topological polar surface area (TPSA) is 26.9 Å². The highest BCUT2D eigenvalue weighted by molar-refractivity contribution is 5.61. The highest BCUT2D eigenvalue weighted by Gasteiger charge is 1.96. The first-order valence-electron chi connectivity index (χ1n) is 6.10. The Morgan fingerprint density at radius 2 is 1.12 bits per heavy atom. The fourth-order valence-electron chi connectivity index (χ4n) is 1.24. The van der Waals surface area contributed by atoms with Crippen LogP contribution in [0.2, 0.25) is 0 Å². The van der Waals surface area contributed by atoms with E-state index in [2.05, 4.69) is 0 Å². The van der Waals surface area contributed by atoms with Crippen molar-refractivity contribution in [1.29, 1.82) is 0 Å². The highest BCUT2D eigenvalue weighted by atomic mass is 16.5. The molecule has 0 saturated heterocycles. The first kappa shape index (κ1) is 15.2. The monoisotopic (exact) mass is 231 g/mol. The molecule has 0 spiro atoms. The zero-order chi connectivity index (χ0) is 13.1. The highest BCUT2D eigenvalue weighted by Crippen LogP contribution is 2.16. The van der Waals surface area contributed by atoms with Crippen LogP contribution in [-0.2, 0) is 0 Å². The van der Waals surface area contributed by atoms with Gasteiger partial charge in [-0.15, -0.1) is 0 Å². The van der Waals surface area contributed by atoms with Crippen LogP contribution >= 0.6 is 0 Å². The summed E-state index contributed by atoms with van der Waals surface area (Å²) in [5.41, 5.74) is 2.19. The summed E-state index contributed by atoms with van der Waals surface area (Å²) in [6, 6.07) is 13.6. The van der Waals surface area contributed by atoms with Crippen LogP contribution in [0.3, 0.4) is 0 Å². The molecule has 0 saturated carbocycles. The standard InChI is InChI=1S/C11H9NO.2C2H6/c13-12-8-6-11(7-9-12)10-4-2-1-3-5-10;2*1-2/h1-9H;2*1-2H3. The number of pyridine rings is 1. The largest absolute Gasteiger partial charge is 0.619 e. The third-order valence-electron chi connectivity index (χ3n) is 1.91. The second-order valence-electron chi connectivity index (χ2n) is 2.81. The van der Waals surface area contributed by atoms with Gasteiger partial charge in [-0.05, 0) is 11.1 Å². The van der Waals surface area contributed by atoms with E-state index in [4.69, 9.17) is 0 Å². The van der Waals surface area contributed by atoms with E-state index in [9.17, 15) is 5.21 Å². The smallest absolute Gasteiger partial charge is 0.180 e. The fraction of sp³-hybridized carbons (Fsp3) is 0.267. The molecule has 0 radical (unpaired) electrons. The van der Waals surface area contributed by atoms with Crippen molar-refractivity contribution in [2.75, 3.05) is 0 Å². The summed E-state index contributed by atoms with van der Waals surface area (Å²) in [6.45, 7) is 8.00. The first-order chi connectivity index (χ1) is 8.36. The number of benzene rings is 1. The Kier molecular flexibility index (Phi) is 8.39. The van der Waals surface area contributed by atoms with Crippen LogP contribution in [0.1, 0.15) is 27.7 Å². The third-order valence-corrected chi connectivity index (χ3v) is 1.91. The predicted molar refractivity (Wildman–Crippen MR) is 73.5 cm³/mol. The van der Waals surface area contributed by atoms with E-state index in [1.807, 2.05) is 70.2 Å². The van der Waals surface area contributed by atoms with E-state index >= 15 is 0 Å². The van der Waals surface area contributed by atoms with E-state index in [0.717, 1.165) is 15.9 Å². The van der Waals surface area contributed by atoms with Gasteiger partial charge in [0.15, 0.2) is 12.4 Å². The van der Waals surface area contributed by atoms with Gasteiger partial charge in [0.25, 0.3) is 0 Å². The van der Waals surface area contributed by atoms with Crippen molar-refractivity contribution in [2.45, 2.75) is 27.7 Å². The Balaban J connectivity index is 0.000000581. The third kappa shape index (κ3) is 5.16. The average molecular weight is 231 g/mol. The lowest BCUT2D eigenvalue weighted by Gasteiger charge is -1.99. The Bertz CT molecular complexity index is 381. The summed E-state index contributed by atoms with van der Waals surface area (Å²) >= 11 is 0. The lowest BCUT2D eigenvalue weighted by Crippen LogP contribution is -2.23. The van der Waals surface area contributed by atoms with Crippen molar-refractivity contribution in [3.05, 3.63) is 60.1 Å². The van der Waals surface area contributed by atoms with Gasteiger partial charge in [-0.25, -0.2) is 0 Å². The van der Waals surface area contributed by atoms with E-state index in [1.54, 1.807) is 0 Å². The van der Waals surface area contributed by atoms with Crippen molar-refractivity contribution in [2.24, 2.45) is 0 Å². The van der Waals surface area contributed by atoms with E-state index in [-0.39, 0.29) is 0 Å². The maximum Gasteiger partial charge on any atom is 0.180 e. The molecular formula is C15H21NO. The van der Waals surface area contributed by atoms with E-state index < -0.39 is 0 Å². The molecule has 2 rings (SSSR count). The van der Waals surface area contributed by atoms with Crippen LogP contribution < -0.4 is 4.73 Å². The Hall–Kier alpha value is -1.83. The molecular weight excluding hydrogens is 210 g/mol. The number of rotatable bonds is 1. The molecule has 0 unspecified atom stereocenters. The van der Waals surface area contributed by atoms with Crippen LogP contribution in [0, 0.1) is 5.21 Å². The number of nitrogens with zero attached hydrogens (tertiary/aromatic N) is 1. The second kappa shape index (κ2) is 9.40. The molecule has 1 aromatic heterocycles. The summed E-state index contributed by atoms with van der Waals surface area (Å²) in [5.74, 6) is 0. The van der Waals surface area contributed by atoms with E-state index in [1.165, 1.54) is 12.4 Å². The van der Waals surface area contributed by atoms with Crippen molar-refractivity contribution < 1.29 is 4.73 Å². The van der Waals surface area contributed by atoms with Crippen molar-refractivity contribution in [3.63, 3.8) is 0 Å². The fourth-order valence-corrected chi connectivity index (χ4v) is 1.24. The normalized spacial score (nSPS) is 8.24. The van der Waals surface area contributed by atoms with Gasteiger partial charge in [0.1, 0.15) is 0 Å². The van der Waals surface area contributed by atoms with Gasteiger partial charge < -0.3 is 5.21 Å². The molecule has 0 bridgehead atoms. The molecule has 0 atom stereocenters. The Morgan fingerprint density at radius 3 is 1.59 bits per heavy atom. The minimum atomic E-state index is 0.784. The summed E-state index contributed by atoms with van der Waals surface area (Å²) in [6.07, 6.45) is 3.00. The molecule has 1 heterocycles. The maximum atomic E-state index is 10.8. The van der Waals surface area contributed by atoms with Crippen LogP contribution in [0.5, 0.6) is 0 Å². The number of aromatic nitrogens is 1. The number of hydrogen-bond donors (Lipinski definition) is 0. The first-order valence-corrected chi connectivity index (χ1v) is 6.10. The summed E-state index contributed by atoms with van der Waals surface area (Å²) in [7, 11) is 0. The second-order valence-corrected chi connectivity index (χ2v) is 2.81. The predicted octanol–water partition coefficient (Wildman–Crippen LogP) is 4.04. The summed E-state index contributed by atoms with van der Waals surface area (Å²) in [5, 5.41) is 10.8. The maximum absolute atomic E-state index is 10.8. The average Bonchev–Trinajstić information content (AvgIpc) is 2.45. The lowest BCUT2D eigenvalue weighted by molar-refractivity contribution is -0.605. The molecule has 0 fully saturated rings. The summed E-state index contributed by atoms with van der Waals surface area (Å²) in [4.78, 5) is 0. The van der Waals surface area contributed by atoms with Crippen molar-refractivity contribution in [3.8, 4) is 11.1 Å². The van der Waals surface area contributed by atoms with Crippen LogP contribution in [0.25, 0.3) is 11.1 Å². The van der Waals surface area contributed by atoms with Crippen LogP contribution in [-0.4, -0.2) is 0 Å². The SMILES string of the molecule is CC.CC.[O-][n+]1ccc(-c2ccccc2)cc1. The Labute approximate surface area is 104 Å². The molecule has 2 heteroatoms. The zero-order valence-electron chi connectivity index (χ0n) is 11.1. The molecule has 0 aliphatic rings. The van der Waals surface area contributed by atoms with E-state index in [0.29, 0.717) is 0 Å². The Morgan fingerprint density at radius 1 is 0.706 bits per heavy atom. The molecule has 0 aliphatic heterocycles. The van der Waals surface area contributed by atoms with Gasteiger partial charge in [-0.1, -0.05) is 58.0 Å². The molecule has 0 N–H and O–H groups in total. The minimum Gasteiger partial charge on any atom is -0.619 e. The molecule has 17 heavy (non-hydrogen) atoms. The quantitative estimate of drug-likeness (QED) is 0.537. The van der Waals surface area contributed by atoms with Gasteiger partial charge in [-0.2, -0.15) is 4.73 Å². The number of hydrogen-bond acceptors (Lipinski definition) is 1. The van der Waals surface area contributed by atoms with Crippen LogP contribution in [0.4, 0.5) is 0 Å². The summed E-state index contributed by atoms with van der Waals surface area (Å²) < 4.78 is 0.784. The zero-order valence-corrected chi connectivity index (χ0v) is 11.1. The van der Waals surface area contributed by atoms with Crippen LogP contribution in [0.15, 0.2) is 54.9 Å². The molecule has 1 aromatic carbocycles. The molecule has 2 aromatic rings. The van der Waals surface area contributed by atoms with Gasteiger partial charge in [0.2, 0.25) is 0 Å².